The molecule has 200 valence electrons. The number of carboxylic acid groups (broad SMARTS) is 1. The van der Waals surface area contributed by atoms with E-state index >= 15 is 0 Å². The number of aromatic nitrogens is 2. The number of thiazole rings is 1. The van der Waals surface area contributed by atoms with Gasteiger partial charge in [0.05, 0.1) is 24.6 Å². The third-order valence-corrected chi connectivity index (χ3v) is 7.80. The van der Waals surface area contributed by atoms with Crippen LogP contribution in [-0.2, 0) is 16.0 Å². The predicted octanol–water partition coefficient (Wildman–Crippen LogP) is 5.65. The molecule has 0 aliphatic carbocycles. The number of fused-ring (bicyclic) bond motifs is 1. The Kier molecular flexibility index (Phi) is 7.81. The summed E-state index contributed by atoms with van der Waals surface area (Å²) >= 11 is 7.70. The van der Waals surface area contributed by atoms with Crippen LogP contribution >= 0.6 is 22.9 Å². The van der Waals surface area contributed by atoms with E-state index in [-0.39, 0.29) is 12.3 Å². The van der Waals surface area contributed by atoms with Crippen LogP contribution in [0.2, 0.25) is 5.02 Å². The summed E-state index contributed by atoms with van der Waals surface area (Å²) in [6.07, 6.45) is 1.87. The Bertz CT molecular complexity index is 1510. The molecule has 0 saturated carbocycles. The molecule has 0 spiro atoms. The van der Waals surface area contributed by atoms with Crippen molar-refractivity contribution in [3.05, 3.63) is 76.8 Å². The van der Waals surface area contributed by atoms with E-state index in [1.165, 1.54) is 16.2 Å². The highest BCUT2D eigenvalue weighted by atomic mass is 35.5. The highest BCUT2D eigenvalue weighted by Gasteiger charge is 2.28. The second kappa shape index (κ2) is 11.4. The molecule has 0 unspecified atom stereocenters. The zero-order valence-corrected chi connectivity index (χ0v) is 23.1. The molecule has 5 rings (SSSR count). The summed E-state index contributed by atoms with van der Waals surface area (Å²) in [7, 11) is 3.61. The summed E-state index contributed by atoms with van der Waals surface area (Å²) in [5.41, 5.74) is 4.09. The topological polar surface area (TPSA) is 95.9 Å². The first-order valence-corrected chi connectivity index (χ1v) is 13.7. The first kappa shape index (κ1) is 26.6. The van der Waals surface area contributed by atoms with Crippen LogP contribution < -0.4 is 14.5 Å². The van der Waals surface area contributed by atoms with Gasteiger partial charge in [-0.25, -0.2) is 9.97 Å². The minimum atomic E-state index is -1.02. The van der Waals surface area contributed by atoms with E-state index in [1.807, 2.05) is 67.0 Å². The van der Waals surface area contributed by atoms with Crippen molar-refractivity contribution in [1.29, 1.82) is 0 Å². The Labute approximate surface area is 235 Å². The number of carbonyl (C=O) groups excluding carboxylic acids is 1. The first-order chi connectivity index (χ1) is 18.8. The molecule has 0 radical (unpaired) electrons. The lowest BCUT2D eigenvalue weighted by Gasteiger charge is -2.26. The number of nitrogens with zero attached hydrogens (tertiary/aromatic N) is 4. The molecule has 1 aliphatic heterocycles. The van der Waals surface area contributed by atoms with Crippen molar-refractivity contribution in [2.75, 3.05) is 37.0 Å². The van der Waals surface area contributed by atoms with Crippen LogP contribution in [0.4, 0.5) is 10.9 Å². The summed E-state index contributed by atoms with van der Waals surface area (Å²) < 4.78 is 5.85. The zero-order chi connectivity index (χ0) is 27.5. The molecular formula is C29H27ClN4O4S. The van der Waals surface area contributed by atoms with E-state index in [0.29, 0.717) is 34.6 Å². The van der Waals surface area contributed by atoms with Crippen molar-refractivity contribution in [1.82, 2.24) is 9.97 Å². The maximum absolute atomic E-state index is 13.4. The normalized spacial score (nSPS) is 13.4. The molecule has 39 heavy (non-hydrogen) atoms. The Morgan fingerprint density at radius 3 is 2.74 bits per heavy atom. The van der Waals surface area contributed by atoms with Crippen LogP contribution in [0, 0.1) is 5.92 Å². The van der Waals surface area contributed by atoms with Crippen molar-refractivity contribution < 1.29 is 19.4 Å². The summed E-state index contributed by atoms with van der Waals surface area (Å²) in [6, 6.07) is 17.0. The van der Waals surface area contributed by atoms with Gasteiger partial charge in [-0.05, 0) is 35.7 Å². The highest BCUT2D eigenvalue weighted by Crippen LogP contribution is 2.39. The molecule has 3 heterocycles. The standard InChI is InChI=1S/C29H27ClN4O4S/c1-33-10-11-38-25-13-20(16-31-27(25)33)22-9-8-21(30)15-23(22)24-17-39-29(32-24)34(2)28(37)19(14-26(35)36)12-18-6-4-3-5-7-18/h3-9,13,15-17,19H,10-12,14H2,1-2H3,(H,35,36)/t19-/m1/s1. The molecule has 0 fully saturated rings. The second-order valence-electron chi connectivity index (χ2n) is 9.40. The number of aliphatic carboxylic acids is 1. The van der Waals surface area contributed by atoms with Crippen molar-refractivity contribution in [2.24, 2.45) is 5.92 Å². The molecule has 1 amide bonds. The molecule has 1 N–H and O–H groups in total. The third kappa shape index (κ3) is 5.89. The van der Waals surface area contributed by atoms with Crippen LogP contribution in [0.15, 0.2) is 66.2 Å². The maximum atomic E-state index is 13.4. The Balaban J connectivity index is 1.44. The molecule has 1 atom stereocenters. The van der Waals surface area contributed by atoms with Gasteiger partial charge in [-0.1, -0.05) is 48.0 Å². The van der Waals surface area contributed by atoms with Crippen LogP contribution in [0.3, 0.4) is 0 Å². The smallest absolute Gasteiger partial charge is 0.304 e. The number of hydrogen-bond acceptors (Lipinski definition) is 7. The van der Waals surface area contributed by atoms with Gasteiger partial charge in [0.15, 0.2) is 16.7 Å². The molecular weight excluding hydrogens is 536 g/mol. The van der Waals surface area contributed by atoms with E-state index in [1.54, 1.807) is 13.2 Å². The van der Waals surface area contributed by atoms with Crippen molar-refractivity contribution in [3.8, 4) is 28.1 Å². The van der Waals surface area contributed by atoms with Gasteiger partial charge in [0.1, 0.15) is 6.61 Å². The third-order valence-electron chi connectivity index (χ3n) is 6.65. The number of carboxylic acids is 1. The van der Waals surface area contributed by atoms with Gasteiger partial charge >= 0.3 is 5.97 Å². The molecule has 0 bridgehead atoms. The van der Waals surface area contributed by atoms with Crippen LogP contribution in [0.25, 0.3) is 22.4 Å². The molecule has 8 nitrogen and oxygen atoms in total. The number of anilines is 2. The maximum Gasteiger partial charge on any atom is 0.304 e. The van der Waals surface area contributed by atoms with Gasteiger partial charge in [-0.3, -0.25) is 14.5 Å². The summed E-state index contributed by atoms with van der Waals surface area (Å²) in [5, 5.41) is 12.4. The van der Waals surface area contributed by atoms with Gasteiger partial charge in [-0.15, -0.1) is 11.3 Å². The lowest BCUT2D eigenvalue weighted by Crippen LogP contribution is -2.35. The monoisotopic (exact) mass is 562 g/mol. The fourth-order valence-electron chi connectivity index (χ4n) is 4.62. The number of ether oxygens (including phenoxy) is 1. The van der Waals surface area contributed by atoms with E-state index in [4.69, 9.17) is 21.3 Å². The van der Waals surface area contributed by atoms with E-state index in [0.717, 1.165) is 34.6 Å². The highest BCUT2D eigenvalue weighted by molar-refractivity contribution is 7.14. The Morgan fingerprint density at radius 2 is 1.97 bits per heavy atom. The number of halogens is 1. The van der Waals surface area contributed by atoms with Gasteiger partial charge < -0.3 is 14.7 Å². The van der Waals surface area contributed by atoms with Crippen molar-refractivity contribution in [3.63, 3.8) is 0 Å². The number of rotatable bonds is 8. The molecule has 10 heteroatoms. The average molecular weight is 563 g/mol. The van der Waals surface area contributed by atoms with Gasteiger partial charge in [-0.2, -0.15) is 0 Å². The molecule has 1 aliphatic rings. The average Bonchev–Trinajstić information content (AvgIpc) is 3.42. The van der Waals surface area contributed by atoms with Gasteiger partial charge in [0.25, 0.3) is 0 Å². The number of carbonyl (C=O) groups is 2. The van der Waals surface area contributed by atoms with E-state index in [2.05, 4.69) is 9.88 Å². The summed E-state index contributed by atoms with van der Waals surface area (Å²) in [4.78, 5) is 37.8. The first-order valence-electron chi connectivity index (χ1n) is 12.4. The lowest BCUT2D eigenvalue weighted by atomic mass is 9.95. The summed E-state index contributed by atoms with van der Waals surface area (Å²) in [5.74, 6) is -0.524. The summed E-state index contributed by atoms with van der Waals surface area (Å²) in [6.45, 7) is 1.36. The minimum Gasteiger partial charge on any atom is -0.488 e. The second-order valence-corrected chi connectivity index (χ2v) is 10.7. The van der Waals surface area contributed by atoms with Gasteiger partial charge in [0.2, 0.25) is 5.91 Å². The van der Waals surface area contributed by atoms with Crippen molar-refractivity contribution >= 4 is 45.8 Å². The fraction of sp³-hybridized carbons (Fsp3) is 0.241. The number of pyridine rings is 1. The number of hydrogen-bond donors (Lipinski definition) is 1. The SMILES string of the molecule is CN1CCOc2cc(-c3ccc(Cl)cc3-c3csc(N(C)C(=O)[C@@H](CC(=O)O)Cc4ccccc4)n3)cnc21. The quantitative estimate of drug-likeness (QED) is 0.296. The fourth-order valence-corrected chi connectivity index (χ4v) is 5.59. The van der Waals surface area contributed by atoms with Crippen LogP contribution in [0.1, 0.15) is 12.0 Å². The largest absolute Gasteiger partial charge is 0.488 e. The molecule has 4 aromatic rings. The number of amides is 1. The Morgan fingerprint density at radius 1 is 1.18 bits per heavy atom. The van der Waals surface area contributed by atoms with E-state index in [9.17, 15) is 14.7 Å². The molecule has 2 aromatic carbocycles. The zero-order valence-electron chi connectivity index (χ0n) is 21.5. The predicted molar refractivity (Wildman–Crippen MR) is 154 cm³/mol. The molecule has 0 saturated heterocycles. The number of likely N-dealkylation sites (N-methyl/N-ethyl adjacent to an activating group) is 1. The van der Waals surface area contributed by atoms with Gasteiger partial charge in [0, 0.05) is 41.8 Å². The van der Waals surface area contributed by atoms with Crippen LogP contribution in [-0.4, -0.2) is 54.2 Å². The van der Waals surface area contributed by atoms with Crippen LogP contribution in [0.5, 0.6) is 5.75 Å². The molecule has 2 aromatic heterocycles. The minimum absolute atomic E-state index is 0.267. The van der Waals surface area contributed by atoms with Crippen molar-refractivity contribution in [2.45, 2.75) is 12.8 Å². The lowest BCUT2D eigenvalue weighted by molar-refractivity contribution is -0.140. The Hall–Kier alpha value is -3.95. The number of benzene rings is 2. The van der Waals surface area contributed by atoms with E-state index < -0.39 is 11.9 Å².